The molecule has 1 aliphatic carbocycles. The molecule has 2 aromatic carbocycles. The van der Waals surface area contributed by atoms with Crippen LogP contribution in [0.4, 0.5) is 5.69 Å². The summed E-state index contributed by atoms with van der Waals surface area (Å²) in [5.41, 5.74) is 9.73. The number of hydrogen-bond donors (Lipinski definition) is 5. The van der Waals surface area contributed by atoms with E-state index in [0.29, 0.717) is 13.0 Å². The topological polar surface area (TPSA) is 129 Å². The molecule has 9 rings (SSSR count). The molecule has 10 atom stereocenters. The number of aryl methyl sites for hydroxylation is 1. The van der Waals surface area contributed by atoms with E-state index >= 15 is 0 Å². The number of aromatic amines is 1. The number of piperidine rings is 1. The lowest BCUT2D eigenvalue weighted by Gasteiger charge is -2.63. The van der Waals surface area contributed by atoms with Crippen LogP contribution in [0.3, 0.4) is 0 Å². The van der Waals surface area contributed by atoms with Crippen molar-refractivity contribution in [3.63, 3.8) is 0 Å². The standard InChI is InChI=1S/C42H55N5O4/c1-6-39(50)22-26-21-38(4,33-28(13-17-46(23-26)24-39)27-11-8-9-12-31(27)44-33)29-20-30-32(19-25(29)3)45(5)35-41(30)15-18-47-16-10-14-40(7-2,34(41)47)36(48)42(35,51)37(43)49/h8-12,14,19-20,26,34-36,44,48,50-51H,6-7,13,15-18,21-24H2,1-5H3,(H2,43,49)/t26-,34-,35+,36+,38+,39?,40+,41+,42?/m0/s1. The summed E-state index contributed by atoms with van der Waals surface area (Å²) in [7, 11) is 1.97. The van der Waals surface area contributed by atoms with Crippen LogP contribution in [-0.4, -0.2) is 105 Å². The third-order valence-corrected chi connectivity index (χ3v) is 15.1. The van der Waals surface area contributed by atoms with Gasteiger partial charge in [-0.25, -0.2) is 0 Å². The summed E-state index contributed by atoms with van der Waals surface area (Å²) in [6.45, 7) is 12.9. The average Bonchev–Trinajstić information content (AvgIpc) is 3.76. The first-order chi connectivity index (χ1) is 24.3. The lowest BCUT2D eigenvalue weighted by Crippen LogP contribution is -2.81. The minimum absolute atomic E-state index is 0.109. The molecule has 3 unspecified atom stereocenters. The Labute approximate surface area is 301 Å². The van der Waals surface area contributed by atoms with Gasteiger partial charge in [0.1, 0.15) is 6.10 Å². The van der Waals surface area contributed by atoms with E-state index in [2.05, 4.69) is 95.9 Å². The van der Waals surface area contributed by atoms with Crippen LogP contribution in [-0.2, 0) is 22.0 Å². The highest BCUT2D eigenvalue weighted by atomic mass is 16.4. The van der Waals surface area contributed by atoms with Crippen molar-refractivity contribution in [2.24, 2.45) is 17.1 Å². The van der Waals surface area contributed by atoms with Crippen LogP contribution >= 0.6 is 0 Å². The van der Waals surface area contributed by atoms with Crippen LogP contribution < -0.4 is 10.6 Å². The van der Waals surface area contributed by atoms with Crippen molar-refractivity contribution in [1.82, 2.24) is 14.8 Å². The van der Waals surface area contributed by atoms with Gasteiger partial charge >= 0.3 is 0 Å². The fraction of sp³-hybridized carbons (Fsp3) is 0.595. The normalized spacial score (nSPS) is 41.3. The van der Waals surface area contributed by atoms with Crippen LogP contribution in [0, 0.1) is 18.3 Å². The van der Waals surface area contributed by atoms with Crippen LogP contribution in [0.25, 0.3) is 10.9 Å². The number of primary amides is 1. The fourth-order valence-corrected chi connectivity index (χ4v) is 13.0. The number of carbonyl (C=O) groups is 1. The molecule has 6 heterocycles. The molecule has 2 bridgehead atoms. The Bertz CT molecular complexity index is 1980. The number of hydrogen-bond acceptors (Lipinski definition) is 7. The Kier molecular flexibility index (Phi) is 7.20. The SMILES string of the molecule is CCC1(O)C[C@H]2CN(CCc3c([nH]c4ccccc34)[C@@](C)(c3cc4c(cc3C)N(C)[C@H]3C(O)(C(N)=O)[C@H](O)[C@]5(CC)C=CCN6CC[C@]43[C@@H]65)C2)C1. The van der Waals surface area contributed by atoms with Crippen LogP contribution in [0.2, 0.25) is 0 Å². The predicted molar refractivity (Wildman–Crippen MR) is 200 cm³/mol. The van der Waals surface area contributed by atoms with E-state index in [9.17, 15) is 20.1 Å². The second kappa shape index (κ2) is 10.9. The van der Waals surface area contributed by atoms with E-state index in [1.807, 2.05) is 7.05 Å². The van der Waals surface area contributed by atoms with Gasteiger partial charge in [-0.3, -0.25) is 14.6 Å². The predicted octanol–water partition coefficient (Wildman–Crippen LogP) is 3.88. The van der Waals surface area contributed by atoms with Crippen LogP contribution in [0.15, 0.2) is 48.6 Å². The highest BCUT2D eigenvalue weighted by Gasteiger charge is 2.78. The van der Waals surface area contributed by atoms with Crippen molar-refractivity contribution in [3.8, 4) is 0 Å². The molecule has 1 spiro atoms. The molecule has 1 amide bonds. The summed E-state index contributed by atoms with van der Waals surface area (Å²) in [6, 6.07) is 12.5. The van der Waals surface area contributed by atoms with Crippen molar-refractivity contribution in [1.29, 1.82) is 0 Å². The number of para-hydroxylation sites is 1. The molecule has 9 heteroatoms. The summed E-state index contributed by atoms with van der Waals surface area (Å²) in [6.07, 6.45) is 7.44. The van der Waals surface area contributed by atoms with Gasteiger partial charge in [0.25, 0.3) is 5.91 Å². The number of likely N-dealkylation sites (N-methyl/N-ethyl adjacent to an activating group) is 1. The summed E-state index contributed by atoms with van der Waals surface area (Å²) < 4.78 is 0. The third kappa shape index (κ3) is 4.13. The van der Waals surface area contributed by atoms with Crippen LogP contribution in [0.5, 0.6) is 0 Å². The quantitative estimate of drug-likeness (QED) is 0.263. The van der Waals surface area contributed by atoms with E-state index in [4.69, 9.17) is 5.73 Å². The van der Waals surface area contributed by atoms with E-state index in [1.165, 1.54) is 22.2 Å². The molecule has 0 radical (unpaired) electrons. The first kappa shape index (κ1) is 33.6. The zero-order valence-electron chi connectivity index (χ0n) is 30.9. The Morgan fingerprint density at radius 1 is 1.06 bits per heavy atom. The maximum atomic E-state index is 13.6. The van der Waals surface area contributed by atoms with Crippen LogP contribution in [0.1, 0.15) is 80.8 Å². The number of H-pyrrole nitrogens is 1. The van der Waals surface area contributed by atoms with Gasteiger partial charge in [0.05, 0.1) is 11.6 Å². The van der Waals surface area contributed by atoms with Gasteiger partial charge in [-0.15, -0.1) is 0 Å². The number of amides is 1. The largest absolute Gasteiger partial charge is 0.389 e. The van der Waals surface area contributed by atoms with Crippen molar-refractivity contribution in [2.45, 2.75) is 106 Å². The second-order valence-electron chi connectivity index (χ2n) is 17.5. The van der Waals surface area contributed by atoms with E-state index < -0.39 is 45.5 Å². The molecule has 3 aromatic rings. The summed E-state index contributed by atoms with van der Waals surface area (Å²) in [5.74, 6) is -0.578. The molecule has 1 aromatic heterocycles. The van der Waals surface area contributed by atoms with E-state index in [0.717, 1.165) is 80.6 Å². The lowest BCUT2D eigenvalue weighted by molar-refractivity contribution is -0.201. The van der Waals surface area contributed by atoms with Crippen molar-refractivity contribution in [3.05, 3.63) is 76.5 Å². The van der Waals surface area contributed by atoms with Crippen molar-refractivity contribution in [2.75, 3.05) is 44.7 Å². The highest BCUT2D eigenvalue weighted by molar-refractivity contribution is 5.89. The lowest BCUT2D eigenvalue weighted by atomic mass is 9.47. The molecule has 2 saturated heterocycles. The van der Waals surface area contributed by atoms with Crippen molar-refractivity contribution < 1.29 is 20.1 Å². The smallest absolute Gasteiger partial charge is 0.254 e. The Hall–Kier alpha value is -3.21. The molecule has 3 fully saturated rings. The number of aliphatic hydroxyl groups is 3. The minimum atomic E-state index is -2.16. The zero-order valence-corrected chi connectivity index (χ0v) is 30.9. The first-order valence-electron chi connectivity index (χ1n) is 19.3. The highest BCUT2D eigenvalue weighted by Crippen LogP contribution is 2.67. The minimum Gasteiger partial charge on any atom is -0.389 e. The Morgan fingerprint density at radius 3 is 2.59 bits per heavy atom. The third-order valence-electron chi connectivity index (χ3n) is 15.1. The number of anilines is 1. The van der Waals surface area contributed by atoms with Gasteiger partial charge in [-0.05, 0) is 99.2 Å². The molecule has 6 aliphatic rings. The number of nitrogens with zero attached hydrogens (tertiary/aromatic N) is 3. The van der Waals surface area contributed by atoms with Gasteiger partial charge in [0.15, 0.2) is 5.60 Å². The molecular weight excluding hydrogens is 638 g/mol. The van der Waals surface area contributed by atoms with Gasteiger partial charge in [0.2, 0.25) is 0 Å². The molecule has 51 heavy (non-hydrogen) atoms. The number of carbonyl (C=O) groups excluding carboxylic acids is 1. The maximum Gasteiger partial charge on any atom is 0.254 e. The molecular formula is C42H55N5O4. The van der Waals surface area contributed by atoms with E-state index in [1.54, 1.807) is 0 Å². The van der Waals surface area contributed by atoms with Gasteiger partial charge in [0, 0.05) is 77.8 Å². The number of benzene rings is 2. The summed E-state index contributed by atoms with van der Waals surface area (Å²) >= 11 is 0. The van der Waals surface area contributed by atoms with Gasteiger partial charge in [-0.2, -0.15) is 0 Å². The number of aliphatic hydroxyl groups excluding tert-OH is 1. The number of aromatic nitrogens is 1. The monoisotopic (exact) mass is 693 g/mol. The second-order valence-corrected chi connectivity index (χ2v) is 17.5. The fourth-order valence-electron chi connectivity index (χ4n) is 13.0. The summed E-state index contributed by atoms with van der Waals surface area (Å²) in [5, 5.41) is 37.9. The molecule has 6 N–H and O–H groups in total. The zero-order chi connectivity index (χ0) is 35.9. The number of rotatable bonds is 4. The van der Waals surface area contributed by atoms with Gasteiger partial charge < -0.3 is 30.9 Å². The number of fused-ring (bicyclic) bond motifs is 6. The first-order valence-corrected chi connectivity index (χ1v) is 19.3. The molecule has 272 valence electrons. The number of nitrogens with one attached hydrogen (secondary N) is 1. The molecule has 9 nitrogen and oxygen atoms in total. The number of nitrogens with two attached hydrogens (primary N) is 1. The van der Waals surface area contributed by atoms with Gasteiger partial charge in [-0.1, -0.05) is 50.3 Å². The molecule has 1 saturated carbocycles. The molecule has 5 aliphatic heterocycles. The average molecular weight is 694 g/mol. The van der Waals surface area contributed by atoms with E-state index in [-0.39, 0.29) is 12.0 Å². The Morgan fingerprint density at radius 2 is 1.84 bits per heavy atom. The van der Waals surface area contributed by atoms with Crippen molar-refractivity contribution >= 4 is 22.5 Å². The Balaban J connectivity index is 1.30. The maximum absolute atomic E-state index is 13.6. The summed E-state index contributed by atoms with van der Waals surface area (Å²) in [4.78, 5) is 24.6.